The van der Waals surface area contributed by atoms with Gasteiger partial charge in [0.2, 0.25) is 11.8 Å². The number of carbonyl (C=O) groups excluding carboxylic acids is 1. The summed E-state index contributed by atoms with van der Waals surface area (Å²) in [7, 11) is 1.57. The SMILES string of the molecule is COc1ncccc1Nc1cccc(-n2ncc3c(=O)n(CC4(O)CCN(C(=O)C5CC5)CC4)cnc32)c1. The summed E-state index contributed by atoms with van der Waals surface area (Å²) in [6, 6.07) is 11.3. The number of carbonyl (C=O) groups is 1. The number of methoxy groups -OCH3 is 1. The minimum absolute atomic E-state index is 0.123. The summed E-state index contributed by atoms with van der Waals surface area (Å²) >= 11 is 0. The number of likely N-dealkylation sites (tertiary alicyclic amines) is 1. The molecule has 4 aromatic rings. The molecule has 0 unspecified atom stereocenters. The van der Waals surface area contributed by atoms with Crippen LogP contribution in [0.5, 0.6) is 5.88 Å². The zero-order valence-corrected chi connectivity index (χ0v) is 21.1. The lowest BCUT2D eigenvalue weighted by Crippen LogP contribution is -2.50. The first-order chi connectivity index (χ1) is 18.4. The fourth-order valence-electron chi connectivity index (χ4n) is 4.98. The van der Waals surface area contributed by atoms with Crippen LogP contribution < -0.4 is 15.6 Å². The maximum atomic E-state index is 13.3. The third-order valence-corrected chi connectivity index (χ3v) is 7.29. The highest BCUT2D eigenvalue weighted by molar-refractivity contribution is 5.81. The molecule has 0 bridgehead atoms. The predicted octanol–water partition coefficient (Wildman–Crippen LogP) is 2.49. The largest absolute Gasteiger partial charge is 0.480 e. The smallest absolute Gasteiger partial charge is 0.264 e. The molecule has 4 heterocycles. The number of nitrogens with zero attached hydrogens (tertiary/aromatic N) is 6. The van der Waals surface area contributed by atoms with E-state index >= 15 is 0 Å². The average molecular weight is 516 g/mol. The van der Waals surface area contributed by atoms with E-state index in [2.05, 4.69) is 20.4 Å². The van der Waals surface area contributed by atoms with Gasteiger partial charge >= 0.3 is 0 Å². The Morgan fingerprint density at radius 3 is 2.76 bits per heavy atom. The predicted molar refractivity (Wildman–Crippen MR) is 141 cm³/mol. The Hall–Kier alpha value is -4.25. The zero-order chi connectivity index (χ0) is 26.3. The van der Waals surface area contributed by atoms with Crippen molar-refractivity contribution in [2.24, 2.45) is 5.92 Å². The molecule has 1 aliphatic heterocycles. The number of fused-ring (bicyclic) bond motifs is 1. The lowest BCUT2D eigenvalue weighted by Gasteiger charge is -2.38. The lowest BCUT2D eigenvalue weighted by molar-refractivity contribution is -0.137. The van der Waals surface area contributed by atoms with Gasteiger partial charge in [0, 0.05) is 30.9 Å². The highest BCUT2D eigenvalue weighted by Crippen LogP contribution is 2.33. The Morgan fingerprint density at radius 2 is 2.00 bits per heavy atom. The van der Waals surface area contributed by atoms with Crippen LogP contribution in [0.25, 0.3) is 16.7 Å². The van der Waals surface area contributed by atoms with Gasteiger partial charge < -0.3 is 20.1 Å². The Labute approximate surface area is 218 Å². The Morgan fingerprint density at radius 1 is 1.18 bits per heavy atom. The molecule has 2 fully saturated rings. The first-order valence-corrected chi connectivity index (χ1v) is 12.7. The number of hydrogen-bond donors (Lipinski definition) is 2. The molecule has 38 heavy (non-hydrogen) atoms. The molecule has 2 N–H and O–H groups in total. The van der Waals surface area contributed by atoms with Crippen LogP contribution in [-0.4, -0.2) is 66.0 Å². The van der Waals surface area contributed by atoms with E-state index in [0.717, 1.165) is 29.9 Å². The van der Waals surface area contributed by atoms with E-state index in [1.165, 1.54) is 17.1 Å². The quantitative estimate of drug-likeness (QED) is 0.384. The van der Waals surface area contributed by atoms with E-state index in [1.807, 2.05) is 41.3 Å². The van der Waals surface area contributed by atoms with Crippen LogP contribution in [-0.2, 0) is 11.3 Å². The van der Waals surface area contributed by atoms with Gasteiger partial charge in [0.05, 0.1) is 31.1 Å². The molecule has 0 spiro atoms. The number of ether oxygens (including phenoxy) is 1. The van der Waals surface area contributed by atoms with Crippen molar-refractivity contribution >= 4 is 28.3 Å². The molecule has 1 saturated carbocycles. The molecule has 1 aromatic carbocycles. The standard InChI is InChI=1S/C27H29N7O4/c1-38-24-22(6-3-11-28-24)31-19-4-2-5-20(14-19)34-23-21(15-30-34)26(36)33(17-29-23)16-27(37)9-12-32(13-10-27)25(35)18-7-8-18/h2-6,11,14-15,17-18,31,37H,7-10,12-13,16H2,1H3. The van der Waals surface area contributed by atoms with Crippen LogP contribution in [0.4, 0.5) is 11.4 Å². The average Bonchev–Trinajstić information content (AvgIpc) is 3.69. The number of aliphatic hydroxyl groups is 1. The molecule has 0 radical (unpaired) electrons. The Bertz CT molecular complexity index is 1550. The van der Waals surface area contributed by atoms with Gasteiger partial charge in [-0.1, -0.05) is 6.07 Å². The second-order valence-electron chi connectivity index (χ2n) is 10.0. The number of aromatic nitrogens is 5. The summed E-state index contributed by atoms with van der Waals surface area (Å²) in [5, 5.41) is 19.3. The Balaban J connectivity index is 1.21. The Kier molecular flexibility index (Phi) is 6.07. The summed E-state index contributed by atoms with van der Waals surface area (Å²) in [5.41, 5.74) is 1.34. The summed E-state index contributed by atoms with van der Waals surface area (Å²) in [6.07, 6.45) is 7.42. The van der Waals surface area contributed by atoms with Gasteiger partial charge in [-0.05, 0) is 56.0 Å². The highest BCUT2D eigenvalue weighted by Gasteiger charge is 2.39. The van der Waals surface area contributed by atoms with E-state index in [4.69, 9.17) is 4.74 Å². The van der Waals surface area contributed by atoms with Crippen molar-refractivity contribution in [2.45, 2.75) is 37.8 Å². The van der Waals surface area contributed by atoms with Crippen molar-refractivity contribution in [3.05, 3.63) is 65.5 Å². The van der Waals surface area contributed by atoms with Gasteiger partial charge in [-0.3, -0.25) is 14.2 Å². The van der Waals surface area contributed by atoms with E-state index in [-0.39, 0.29) is 23.9 Å². The lowest BCUT2D eigenvalue weighted by atomic mass is 9.91. The third kappa shape index (κ3) is 4.60. The second-order valence-corrected chi connectivity index (χ2v) is 10.0. The number of benzene rings is 1. The second kappa shape index (κ2) is 9.56. The minimum Gasteiger partial charge on any atom is -0.480 e. The maximum absolute atomic E-state index is 13.3. The van der Waals surface area contributed by atoms with Crippen LogP contribution in [0, 0.1) is 5.92 Å². The topological polar surface area (TPSA) is 127 Å². The van der Waals surface area contributed by atoms with Crippen molar-refractivity contribution in [2.75, 3.05) is 25.5 Å². The van der Waals surface area contributed by atoms with Crippen LogP contribution in [0.2, 0.25) is 0 Å². The van der Waals surface area contributed by atoms with E-state index < -0.39 is 5.60 Å². The zero-order valence-electron chi connectivity index (χ0n) is 21.1. The number of piperidine rings is 1. The normalized spacial score (nSPS) is 16.9. The molecule has 196 valence electrons. The summed E-state index contributed by atoms with van der Waals surface area (Å²) in [6.45, 7) is 1.13. The summed E-state index contributed by atoms with van der Waals surface area (Å²) in [5.74, 6) is 0.840. The van der Waals surface area contributed by atoms with Crippen molar-refractivity contribution in [1.29, 1.82) is 0 Å². The monoisotopic (exact) mass is 515 g/mol. The van der Waals surface area contributed by atoms with Crippen LogP contribution >= 0.6 is 0 Å². The van der Waals surface area contributed by atoms with E-state index in [1.54, 1.807) is 18.0 Å². The van der Waals surface area contributed by atoms with Gasteiger partial charge in [-0.2, -0.15) is 5.10 Å². The van der Waals surface area contributed by atoms with Gasteiger partial charge in [0.25, 0.3) is 5.56 Å². The number of anilines is 2. The number of pyridine rings is 1. The van der Waals surface area contributed by atoms with Gasteiger partial charge in [-0.15, -0.1) is 0 Å². The molecule has 3 aromatic heterocycles. The third-order valence-electron chi connectivity index (χ3n) is 7.29. The van der Waals surface area contributed by atoms with Crippen LogP contribution in [0.3, 0.4) is 0 Å². The fourth-order valence-corrected chi connectivity index (χ4v) is 4.98. The molecule has 1 aliphatic carbocycles. The molecule has 0 atom stereocenters. The van der Waals surface area contributed by atoms with Crippen LogP contribution in [0.1, 0.15) is 25.7 Å². The van der Waals surface area contributed by atoms with Gasteiger partial charge in [-0.25, -0.2) is 14.6 Å². The fraction of sp³-hybridized carbons (Fsp3) is 0.370. The molecule has 2 aliphatic rings. The van der Waals surface area contributed by atoms with E-state index in [9.17, 15) is 14.7 Å². The summed E-state index contributed by atoms with van der Waals surface area (Å²) < 4.78 is 8.38. The first kappa shape index (κ1) is 24.1. The van der Waals surface area contributed by atoms with E-state index in [0.29, 0.717) is 42.8 Å². The number of nitrogens with one attached hydrogen (secondary N) is 1. The molecule has 11 nitrogen and oxygen atoms in total. The maximum Gasteiger partial charge on any atom is 0.264 e. The van der Waals surface area contributed by atoms with Crippen molar-refractivity contribution < 1.29 is 14.6 Å². The van der Waals surface area contributed by atoms with Gasteiger partial charge in [0.15, 0.2) is 5.65 Å². The van der Waals surface area contributed by atoms with Crippen molar-refractivity contribution in [3.63, 3.8) is 0 Å². The summed E-state index contributed by atoms with van der Waals surface area (Å²) in [4.78, 5) is 36.2. The van der Waals surface area contributed by atoms with Crippen molar-refractivity contribution in [1.82, 2.24) is 29.2 Å². The number of amides is 1. The van der Waals surface area contributed by atoms with Crippen molar-refractivity contribution in [3.8, 4) is 11.6 Å². The molecular weight excluding hydrogens is 486 g/mol. The molecule has 1 saturated heterocycles. The first-order valence-electron chi connectivity index (χ1n) is 12.7. The van der Waals surface area contributed by atoms with Crippen LogP contribution in [0.15, 0.2) is 59.9 Å². The van der Waals surface area contributed by atoms with Gasteiger partial charge in [0.1, 0.15) is 17.4 Å². The molecule has 6 rings (SSSR count). The number of hydrogen-bond acceptors (Lipinski definition) is 8. The molecule has 1 amide bonds. The highest BCUT2D eigenvalue weighted by atomic mass is 16.5. The number of rotatable bonds is 7. The molecule has 11 heteroatoms. The minimum atomic E-state index is -1.07. The molecular formula is C27H29N7O4.